The predicted molar refractivity (Wildman–Crippen MR) is 84.3 cm³/mol. The van der Waals surface area contributed by atoms with Gasteiger partial charge in [0.15, 0.2) is 0 Å². The molecule has 1 saturated carbocycles. The fraction of sp³-hybridized carbons (Fsp3) is 0.778. The van der Waals surface area contributed by atoms with Crippen LogP contribution in [-0.2, 0) is 0 Å². The summed E-state index contributed by atoms with van der Waals surface area (Å²) in [4.78, 5) is 0. The molecule has 2 rings (SSSR count). The van der Waals surface area contributed by atoms with Crippen LogP contribution in [0.25, 0.3) is 0 Å². The van der Waals surface area contributed by atoms with Gasteiger partial charge in [-0.25, -0.2) is 0 Å². The first kappa shape index (κ1) is 14.8. The highest BCUT2D eigenvalue weighted by atomic mass is 14.8. The zero-order valence-electron chi connectivity index (χ0n) is 13.3. The van der Waals surface area contributed by atoms with Crippen LogP contribution in [0.5, 0.6) is 0 Å². The summed E-state index contributed by atoms with van der Waals surface area (Å²) in [5, 5.41) is 3.33. The average Bonchev–Trinajstić information content (AvgIpc) is 3.12. The van der Waals surface area contributed by atoms with E-state index in [1.807, 2.05) is 0 Å². The molecule has 0 aromatic carbocycles. The molecule has 108 valence electrons. The molecule has 0 radical (unpaired) electrons. The zero-order chi connectivity index (χ0) is 13.8. The lowest BCUT2D eigenvalue weighted by Gasteiger charge is -2.20. The van der Waals surface area contributed by atoms with E-state index in [0.29, 0.717) is 5.92 Å². The highest BCUT2D eigenvalue weighted by Crippen LogP contribution is 2.40. The van der Waals surface area contributed by atoms with Gasteiger partial charge in [-0.15, -0.1) is 0 Å². The van der Waals surface area contributed by atoms with Crippen LogP contribution in [0.1, 0.15) is 65.7 Å². The summed E-state index contributed by atoms with van der Waals surface area (Å²) in [6, 6.07) is 0. The largest absolute Gasteiger partial charge is 0.319 e. The lowest BCUT2D eigenvalue weighted by Crippen LogP contribution is -2.18. The van der Waals surface area contributed by atoms with Crippen molar-refractivity contribution in [2.75, 3.05) is 13.6 Å². The first-order valence-corrected chi connectivity index (χ1v) is 8.16. The van der Waals surface area contributed by atoms with Gasteiger partial charge in [-0.2, -0.15) is 0 Å². The standard InChI is InChI=1S/C18H31N/c1-13-6-5-7-17(13)18(11-10-16-8-9-16)15(3)14(2)12-19-4/h14,16,19H,5-12H2,1-4H3/b18-15+. The van der Waals surface area contributed by atoms with Gasteiger partial charge in [-0.05, 0) is 76.0 Å². The van der Waals surface area contributed by atoms with Gasteiger partial charge in [0, 0.05) is 6.54 Å². The number of hydrogen-bond donors (Lipinski definition) is 1. The van der Waals surface area contributed by atoms with E-state index >= 15 is 0 Å². The molecule has 1 N–H and O–H groups in total. The molecule has 1 nitrogen and oxygen atoms in total. The summed E-state index contributed by atoms with van der Waals surface area (Å²) in [6.07, 6.45) is 9.76. The van der Waals surface area contributed by atoms with Gasteiger partial charge in [0.2, 0.25) is 0 Å². The quantitative estimate of drug-likeness (QED) is 0.691. The Hall–Kier alpha value is -0.560. The molecule has 1 heteroatoms. The summed E-state index contributed by atoms with van der Waals surface area (Å²) < 4.78 is 0. The molecule has 0 spiro atoms. The number of rotatable bonds is 7. The van der Waals surface area contributed by atoms with Crippen LogP contribution >= 0.6 is 0 Å². The van der Waals surface area contributed by atoms with Crippen molar-refractivity contribution in [3.05, 3.63) is 22.3 Å². The third-order valence-corrected chi connectivity index (χ3v) is 5.08. The van der Waals surface area contributed by atoms with Crippen LogP contribution in [0.2, 0.25) is 0 Å². The van der Waals surface area contributed by atoms with E-state index in [-0.39, 0.29) is 0 Å². The summed E-state index contributed by atoms with van der Waals surface area (Å²) in [5.74, 6) is 1.71. The van der Waals surface area contributed by atoms with Gasteiger partial charge in [0.05, 0.1) is 0 Å². The number of allylic oxidation sites excluding steroid dienone is 3. The average molecular weight is 261 g/mol. The lowest BCUT2D eigenvalue weighted by atomic mass is 9.87. The molecule has 1 atom stereocenters. The molecular weight excluding hydrogens is 230 g/mol. The van der Waals surface area contributed by atoms with E-state index < -0.39 is 0 Å². The fourth-order valence-electron chi connectivity index (χ4n) is 3.40. The maximum atomic E-state index is 3.33. The Balaban J connectivity index is 2.16. The normalized spacial score (nSPS) is 22.7. The highest BCUT2D eigenvalue weighted by molar-refractivity contribution is 5.41. The van der Waals surface area contributed by atoms with Crippen molar-refractivity contribution in [1.29, 1.82) is 0 Å². The van der Waals surface area contributed by atoms with Gasteiger partial charge >= 0.3 is 0 Å². The second-order valence-corrected chi connectivity index (χ2v) is 6.71. The first-order chi connectivity index (χ1) is 9.13. The van der Waals surface area contributed by atoms with Gasteiger partial charge < -0.3 is 5.32 Å². The van der Waals surface area contributed by atoms with E-state index in [2.05, 4.69) is 33.1 Å². The topological polar surface area (TPSA) is 12.0 Å². The SMILES string of the molecule is CNCC(C)/C(C)=C(\CCC1CC1)C1=C(C)CCC1. The molecule has 0 aliphatic heterocycles. The Kier molecular flexibility index (Phi) is 5.27. The van der Waals surface area contributed by atoms with Crippen LogP contribution in [0.3, 0.4) is 0 Å². The molecule has 0 amide bonds. The van der Waals surface area contributed by atoms with Crippen LogP contribution in [0, 0.1) is 11.8 Å². The summed E-state index contributed by atoms with van der Waals surface area (Å²) in [7, 11) is 2.06. The van der Waals surface area contributed by atoms with Crippen molar-refractivity contribution in [3.8, 4) is 0 Å². The maximum Gasteiger partial charge on any atom is 0.00113 e. The van der Waals surface area contributed by atoms with E-state index in [9.17, 15) is 0 Å². The number of nitrogens with one attached hydrogen (secondary N) is 1. The molecule has 1 unspecified atom stereocenters. The predicted octanol–water partition coefficient (Wildman–Crippen LogP) is 4.85. The lowest BCUT2D eigenvalue weighted by molar-refractivity contribution is 0.604. The van der Waals surface area contributed by atoms with E-state index in [1.54, 1.807) is 22.3 Å². The third-order valence-electron chi connectivity index (χ3n) is 5.08. The molecule has 0 aromatic heterocycles. The smallest absolute Gasteiger partial charge is 0.00113 e. The van der Waals surface area contributed by atoms with Crippen molar-refractivity contribution >= 4 is 0 Å². The van der Waals surface area contributed by atoms with Gasteiger partial charge in [0.25, 0.3) is 0 Å². The Labute approximate surface area is 119 Å². The minimum absolute atomic E-state index is 0.667. The number of hydrogen-bond acceptors (Lipinski definition) is 1. The Morgan fingerprint density at radius 1 is 1.32 bits per heavy atom. The summed E-state index contributed by atoms with van der Waals surface area (Å²) in [6.45, 7) is 8.21. The van der Waals surface area contributed by atoms with Crippen LogP contribution in [0.15, 0.2) is 22.3 Å². The fourth-order valence-corrected chi connectivity index (χ4v) is 3.40. The summed E-state index contributed by atoms with van der Waals surface area (Å²) >= 11 is 0. The van der Waals surface area contributed by atoms with Crippen molar-refractivity contribution in [2.24, 2.45) is 11.8 Å². The molecule has 0 heterocycles. The second-order valence-electron chi connectivity index (χ2n) is 6.71. The van der Waals surface area contributed by atoms with Crippen LogP contribution in [-0.4, -0.2) is 13.6 Å². The Morgan fingerprint density at radius 2 is 2.05 bits per heavy atom. The van der Waals surface area contributed by atoms with E-state index in [0.717, 1.165) is 12.5 Å². The van der Waals surface area contributed by atoms with E-state index in [4.69, 9.17) is 0 Å². The molecule has 2 aliphatic carbocycles. The second kappa shape index (κ2) is 6.74. The van der Waals surface area contributed by atoms with Crippen molar-refractivity contribution in [3.63, 3.8) is 0 Å². The van der Waals surface area contributed by atoms with Crippen molar-refractivity contribution in [2.45, 2.75) is 65.7 Å². The minimum atomic E-state index is 0.667. The zero-order valence-corrected chi connectivity index (χ0v) is 13.3. The van der Waals surface area contributed by atoms with E-state index in [1.165, 1.54) is 44.9 Å². The molecule has 19 heavy (non-hydrogen) atoms. The van der Waals surface area contributed by atoms with Crippen molar-refractivity contribution in [1.82, 2.24) is 5.32 Å². The Morgan fingerprint density at radius 3 is 2.58 bits per heavy atom. The third kappa shape index (κ3) is 3.95. The Bertz CT molecular complexity index is 371. The molecule has 0 saturated heterocycles. The molecular formula is C18H31N. The maximum absolute atomic E-state index is 3.33. The monoisotopic (exact) mass is 261 g/mol. The highest BCUT2D eigenvalue weighted by Gasteiger charge is 2.24. The van der Waals surface area contributed by atoms with Gasteiger partial charge in [-0.3, -0.25) is 0 Å². The minimum Gasteiger partial charge on any atom is -0.319 e. The van der Waals surface area contributed by atoms with Gasteiger partial charge in [-0.1, -0.05) is 30.9 Å². The molecule has 0 aromatic rings. The van der Waals surface area contributed by atoms with Gasteiger partial charge in [0.1, 0.15) is 0 Å². The van der Waals surface area contributed by atoms with Crippen molar-refractivity contribution < 1.29 is 0 Å². The van der Waals surface area contributed by atoms with Crippen LogP contribution in [0.4, 0.5) is 0 Å². The molecule has 2 aliphatic rings. The molecule has 1 fully saturated rings. The first-order valence-electron chi connectivity index (χ1n) is 8.16. The summed E-state index contributed by atoms with van der Waals surface area (Å²) in [5.41, 5.74) is 6.76. The molecule has 0 bridgehead atoms. The van der Waals surface area contributed by atoms with Crippen LogP contribution < -0.4 is 5.32 Å².